The number of para-hydroxylation sites is 1. The molecule has 0 aliphatic rings. The second-order valence-electron chi connectivity index (χ2n) is 5.74. The van der Waals surface area contributed by atoms with E-state index in [-0.39, 0.29) is 18.4 Å². The molecule has 0 atom stereocenters. The van der Waals surface area contributed by atoms with E-state index in [9.17, 15) is 9.59 Å². The number of carbonyl (C=O) groups excluding carboxylic acids is 2. The molecule has 2 amide bonds. The van der Waals surface area contributed by atoms with Crippen molar-refractivity contribution in [1.82, 2.24) is 9.88 Å². The van der Waals surface area contributed by atoms with Gasteiger partial charge >= 0.3 is 0 Å². The van der Waals surface area contributed by atoms with Crippen molar-refractivity contribution >= 4 is 28.8 Å². The molecule has 2 rings (SSSR count). The van der Waals surface area contributed by atoms with Gasteiger partial charge in [0.15, 0.2) is 0 Å². The second kappa shape index (κ2) is 8.06. The van der Waals surface area contributed by atoms with E-state index in [2.05, 4.69) is 10.3 Å². The molecule has 1 heterocycles. The highest BCUT2D eigenvalue weighted by atomic mass is 32.1. The third-order valence-electron chi connectivity index (χ3n) is 3.63. The minimum absolute atomic E-state index is 0.0391. The van der Waals surface area contributed by atoms with Crippen molar-refractivity contribution < 1.29 is 9.59 Å². The highest BCUT2D eigenvalue weighted by Crippen LogP contribution is 2.20. The van der Waals surface area contributed by atoms with Crippen molar-refractivity contribution in [3.8, 4) is 0 Å². The van der Waals surface area contributed by atoms with Crippen LogP contribution in [0.25, 0.3) is 0 Å². The fourth-order valence-corrected chi connectivity index (χ4v) is 3.36. The Kier molecular flexibility index (Phi) is 6.09. The van der Waals surface area contributed by atoms with Crippen molar-refractivity contribution in [2.45, 2.75) is 34.1 Å². The molecule has 1 aromatic heterocycles. The van der Waals surface area contributed by atoms with Crippen molar-refractivity contribution in [2.24, 2.45) is 0 Å². The molecule has 24 heavy (non-hydrogen) atoms. The van der Waals surface area contributed by atoms with Gasteiger partial charge in [0.05, 0.1) is 10.7 Å². The Bertz CT molecular complexity index is 740. The maximum Gasteiger partial charge on any atom is 0.266 e. The predicted molar refractivity (Wildman–Crippen MR) is 97.6 cm³/mol. The van der Waals surface area contributed by atoms with Gasteiger partial charge in [-0.2, -0.15) is 0 Å². The Labute approximate surface area is 146 Å². The van der Waals surface area contributed by atoms with E-state index in [1.807, 2.05) is 52.0 Å². The molecule has 0 unspecified atom stereocenters. The number of carbonyl (C=O) groups is 2. The number of aromatic nitrogens is 1. The summed E-state index contributed by atoms with van der Waals surface area (Å²) in [4.78, 5) is 31.6. The number of hydrogen-bond acceptors (Lipinski definition) is 4. The largest absolute Gasteiger partial charge is 0.329 e. The molecule has 0 spiro atoms. The molecule has 1 N–H and O–H groups in total. The highest BCUT2D eigenvalue weighted by Gasteiger charge is 2.22. The number of nitrogens with zero attached hydrogens (tertiary/aromatic N) is 2. The number of benzene rings is 1. The summed E-state index contributed by atoms with van der Waals surface area (Å²) in [5.74, 6) is -0.315. The minimum Gasteiger partial charge on any atom is -0.329 e. The summed E-state index contributed by atoms with van der Waals surface area (Å²) < 4.78 is 0. The smallest absolute Gasteiger partial charge is 0.266 e. The molecule has 2 aromatic rings. The first kappa shape index (κ1) is 18.1. The Morgan fingerprint density at radius 3 is 2.50 bits per heavy atom. The van der Waals surface area contributed by atoms with Crippen LogP contribution in [0, 0.1) is 20.8 Å². The second-order valence-corrected chi connectivity index (χ2v) is 6.94. The van der Waals surface area contributed by atoms with E-state index >= 15 is 0 Å². The molecule has 0 aliphatic carbocycles. The van der Waals surface area contributed by atoms with Crippen LogP contribution in [0.4, 0.5) is 5.69 Å². The number of thiazole rings is 1. The van der Waals surface area contributed by atoms with E-state index < -0.39 is 0 Å². The minimum atomic E-state index is -0.190. The van der Waals surface area contributed by atoms with Gasteiger partial charge in [-0.3, -0.25) is 9.59 Å². The van der Waals surface area contributed by atoms with Gasteiger partial charge in [0.1, 0.15) is 11.4 Å². The molecule has 0 fully saturated rings. The lowest BCUT2D eigenvalue weighted by molar-refractivity contribution is -0.116. The maximum atomic E-state index is 12.7. The molecule has 0 saturated heterocycles. The number of rotatable bonds is 6. The van der Waals surface area contributed by atoms with Gasteiger partial charge in [-0.05, 0) is 38.8 Å². The van der Waals surface area contributed by atoms with Crippen molar-refractivity contribution in [3.63, 3.8) is 0 Å². The Morgan fingerprint density at radius 2 is 1.92 bits per heavy atom. The molecule has 0 saturated carbocycles. The van der Waals surface area contributed by atoms with E-state index in [1.165, 1.54) is 11.3 Å². The van der Waals surface area contributed by atoms with E-state index in [4.69, 9.17) is 0 Å². The van der Waals surface area contributed by atoms with E-state index in [0.29, 0.717) is 11.4 Å². The zero-order valence-electron chi connectivity index (χ0n) is 14.5. The third kappa shape index (κ3) is 4.41. The lowest BCUT2D eigenvalue weighted by Crippen LogP contribution is -2.38. The van der Waals surface area contributed by atoms with Crippen LogP contribution in [0.15, 0.2) is 24.3 Å². The summed E-state index contributed by atoms with van der Waals surface area (Å²) in [5, 5.41) is 3.74. The fourth-order valence-electron chi connectivity index (χ4n) is 2.47. The molecule has 1 aromatic carbocycles. The van der Waals surface area contributed by atoms with Crippen LogP contribution in [-0.4, -0.2) is 34.8 Å². The Balaban J connectivity index is 2.10. The van der Waals surface area contributed by atoms with E-state index in [1.54, 1.807) is 4.90 Å². The van der Waals surface area contributed by atoms with Crippen LogP contribution in [-0.2, 0) is 4.79 Å². The molecule has 0 aliphatic heterocycles. The van der Waals surface area contributed by atoms with Gasteiger partial charge in [0, 0.05) is 12.2 Å². The first-order valence-corrected chi connectivity index (χ1v) is 8.82. The lowest BCUT2D eigenvalue weighted by atomic mass is 10.2. The van der Waals surface area contributed by atoms with Crippen LogP contribution >= 0.6 is 11.3 Å². The van der Waals surface area contributed by atoms with Crippen LogP contribution in [0.1, 0.15) is 39.3 Å². The summed E-state index contributed by atoms with van der Waals surface area (Å²) in [6.07, 6.45) is 0.792. The van der Waals surface area contributed by atoms with Gasteiger partial charge in [-0.15, -0.1) is 11.3 Å². The average Bonchev–Trinajstić information content (AvgIpc) is 2.87. The summed E-state index contributed by atoms with van der Waals surface area (Å²) in [6.45, 7) is 8.21. The number of hydrogen-bond donors (Lipinski definition) is 1. The average molecular weight is 345 g/mol. The monoisotopic (exact) mass is 345 g/mol. The van der Waals surface area contributed by atoms with Crippen molar-refractivity contribution in [2.75, 3.05) is 18.4 Å². The van der Waals surface area contributed by atoms with Crippen LogP contribution in [0.2, 0.25) is 0 Å². The van der Waals surface area contributed by atoms with Crippen molar-refractivity contribution in [3.05, 3.63) is 45.4 Å². The van der Waals surface area contributed by atoms with E-state index in [0.717, 1.165) is 28.4 Å². The first-order chi connectivity index (χ1) is 11.4. The van der Waals surface area contributed by atoms with Crippen LogP contribution < -0.4 is 5.32 Å². The summed E-state index contributed by atoms with van der Waals surface area (Å²) in [6, 6.07) is 7.60. The molecule has 128 valence electrons. The Morgan fingerprint density at radius 1 is 1.21 bits per heavy atom. The SMILES string of the molecule is CCCN(CC(=O)Nc1ccccc1C)C(=O)c1sc(C)nc1C. The molecule has 0 radical (unpaired) electrons. The highest BCUT2D eigenvalue weighted by molar-refractivity contribution is 7.13. The number of amides is 2. The van der Waals surface area contributed by atoms with Crippen molar-refractivity contribution in [1.29, 1.82) is 0 Å². The molecule has 0 bridgehead atoms. The predicted octanol–water partition coefficient (Wildman–Crippen LogP) is 3.56. The first-order valence-electron chi connectivity index (χ1n) is 8.01. The zero-order chi connectivity index (χ0) is 17.7. The molecule has 6 heteroatoms. The maximum absolute atomic E-state index is 12.7. The standard InChI is InChI=1S/C18H23N3O2S/c1-5-10-21(18(23)17-13(3)19-14(4)24-17)11-16(22)20-15-9-7-6-8-12(15)2/h6-9H,5,10-11H2,1-4H3,(H,20,22). The van der Waals surface area contributed by atoms with Gasteiger partial charge in [0.2, 0.25) is 5.91 Å². The normalized spacial score (nSPS) is 10.5. The number of nitrogens with one attached hydrogen (secondary N) is 1. The summed E-state index contributed by atoms with van der Waals surface area (Å²) in [5.41, 5.74) is 2.49. The quantitative estimate of drug-likeness (QED) is 0.871. The van der Waals surface area contributed by atoms with Gasteiger partial charge in [-0.25, -0.2) is 4.98 Å². The summed E-state index contributed by atoms with van der Waals surface area (Å²) >= 11 is 1.38. The van der Waals surface area contributed by atoms with Crippen LogP contribution in [0.3, 0.4) is 0 Å². The lowest BCUT2D eigenvalue weighted by Gasteiger charge is -2.21. The summed E-state index contributed by atoms with van der Waals surface area (Å²) in [7, 11) is 0. The molecular weight excluding hydrogens is 322 g/mol. The van der Waals surface area contributed by atoms with Crippen LogP contribution in [0.5, 0.6) is 0 Å². The Hall–Kier alpha value is -2.21. The molecule has 5 nitrogen and oxygen atoms in total. The fraction of sp³-hybridized carbons (Fsp3) is 0.389. The number of aryl methyl sites for hydroxylation is 3. The third-order valence-corrected chi connectivity index (χ3v) is 4.69. The van der Waals surface area contributed by atoms with Gasteiger partial charge < -0.3 is 10.2 Å². The topological polar surface area (TPSA) is 62.3 Å². The zero-order valence-corrected chi connectivity index (χ0v) is 15.4. The molecular formula is C18H23N3O2S. The van der Waals surface area contributed by atoms with Gasteiger partial charge in [-0.1, -0.05) is 25.1 Å². The number of anilines is 1. The van der Waals surface area contributed by atoms with Gasteiger partial charge in [0.25, 0.3) is 5.91 Å².